The van der Waals surface area contributed by atoms with E-state index in [2.05, 4.69) is 6.92 Å². The number of allylic oxidation sites excluding steroid dienone is 2. The average Bonchev–Trinajstić information content (AvgIpc) is 2.03. The van der Waals surface area contributed by atoms with Crippen LogP contribution in [0, 0.1) is 10.1 Å². The van der Waals surface area contributed by atoms with E-state index in [1.165, 1.54) is 19.3 Å². The van der Waals surface area contributed by atoms with Gasteiger partial charge in [-0.1, -0.05) is 26.2 Å². The summed E-state index contributed by atoms with van der Waals surface area (Å²) in [6.45, 7) is 3.69. The van der Waals surface area contributed by atoms with E-state index in [-0.39, 0.29) is 10.6 Å². The van der Waals surface area contributed by atoms with Gasteiger partial charge in [0.2, 0.25) is 5.70 Å². The maximum Gasteiger partial charge on any atom is 0.239 e. The highest BCUT2D eigenvalue weighted by Crippen LogP contribution is 2.05. The number of unbranched alkanes of at least 4 members (excludes halogenated alkanes) is 4. The minimum absolute atomic E-state index is 0.270. The van der Waals surface area contributed by atoms with Crippen LogP contribution in [0.1, 0.15) is 46.0 Å². The molecule has 0 N–H and O–H groups in total. The van der Waals surface area contributed by atoms with Crippen LogP contribution in [0.25, 0.3) is 0 Å². The lowest BCUT2D eigenvalue weighted by Gasteiger charge is -1.94. The van der Waals surface area contributed by atoms with E-state index >= 15 is 0 Å². The van der Waals surface area contributed by atoms with Crippen LogP contribution in [0.3, 0.4) is 0 Å². The summed E-state index contributed by atoms with van der Waals surface area (Å²) in [5.74, 6) is 0. The van der Waals surface area contributed by atoms with Gasteiger partial charge >= 0.3 is 0 Å². The molecule has 0 radical (unpaired) electrons. The zero-order valence-corrected chi connectivity index (χ0v) is 7.88. The highest BCUT2D eigenvalue weighted by atomic mass is 16.6. The van der Waals surface area contributed by atoms with E-state index < -0.39 is 0 Å². The van der Waals surface area contributed by atoms with Crippen LogP contribution in [-0.2, 0) is 0 Å². The molecule has 0 amide bonds. The lowest BCUT2D eigenvalue weighted by Crippen LogP contribution is -1.92. The summed E-state index contributed by atoms with van der Waals surface area (Å²) >= 11 is 0. The van der Waals surface area contributed by atoms with Gasteiger partial charge in [-0.25, -0.2) is 0 Å². The molecule has 0 spiro atoms. The third kappa shape index (κ3) is 5.89. The van der Waals surface area contributed by atoms with Gasteiger partial charge in [-0.3, -0.25) is 10.1 Å². The number of hydrogen-bond donors (Lipinski definition) is 0. The molecule has 0 aromatic heterocycles. The molecule has 0 saturated heterocycles. The van der Waals surface area contributed by atoms with E-state index in [0.717, 1.165) is 12.8 Å². The first-order valence-corrected chi connectivity index (χ1v) is 4.49. The van der Waals surface area contributed by atoms with Gasteiger partial charge in [-0.2, -0.15) is 0 Å². The molecule has 3 nitrogen and oxygen atoms in total. The van der Waals surface area contributed by atoms with Gasteiger partial charge in [0.05, 0.1) is 4.92 Å². The van der Waals surface area contributed by atoms with E-state index in [9.17, 15) is 10.1 Å². The molecular weight excluding hydrogens is 154 g/mol. The Morgan fingerprint density at radius 2 is 2.08 bits per heavy atom. The van der Waals surface area contributed by atoms with Crippen LogP contribution in [0.5, 0.6) is 0 Å². The molecule has 0 unspecified atom stereocenters. The Hall–Kier alpha value is -0.860. The summed E-state index contributed by atoms with van der Waals surface area (Å²) in [4.78, 5) is 9.82. The molecule has 0 aliphatic rings. The lowest BCUT2D eigenvalue weighted by molar-refractivity contribution is -0.424. The van der Waals surface area contributed by atoms with Crippen molar-refractivity contribution in [1.29, 1.82) is 0 Å². The second kappa shape index (κ2) is 6.83. The fourth-order valence-electron chi connectivity index (χ4n) is 0.957. The summed E-state index contributed by atoms with van der Waals surface area (Å²) in [5.41, 5.74) is 0.270. The van der Waals surface area contributed by atoms with Gasteiger partial charge in [0.25, 0.3) is 0 Å². The topological polar surface area (TPSA) is 43.1 Å². The predicted octanol–water partition coefficient (Wildman–Crippen LogP) is 3.14. The Morgan fingerprint density at radius 1 is 1.42 bits per heavy atom. The largest absolute Gasteiger partial charge is 0.259 e. The normalized spacial score (nSPS) is 11.7. The van der Waals surface area contributed by atoms with E-state index in [4.69, 9.17) is 0 Å². The second-order valence-corrected chi connectivity index (χ2v) is 2.95. The quantitative estimate of drug-likeness (QED) is 0.350. The smallest absolute Gasteiger partial charge is 0.239 e. The van der Waals surface area contributed by atoms with Gasteiger partial charge < -0.3 is 0 Å². The van der Waals surface area contributed by atoms with Crippen LogP contribution in [0.2, 0.25) is 0 Å². The Morgan fingerprint density at radius 3 is 2.58 bits per heavy atom. The molecule has 0 atom stereocenters. The summed E-state index contributed by atoms with van der Waals surface area (Å²) in [7, 11) is 0. The monoisotopic (exact) mass is 171 g/mol. The molecule has 0 aromatic carbocycles. The molecular formula is C9H17NO2. The second-order valence-electron chi connectivity index (χ2n) is 2.95. The first kappa shape index (κ1) is 11.1. The van der Waals surface area contributed by atoms with Crippen molar-refractivity contribution < 1.29 is 4.92 Å². The van der Waals surface area contributed by atoms with E-state index in [1.54, 1.807) is 13.0 Å². The molecule has 0 bridgehead atoms. The Bertz CT molecular complexity index is 164. The van der Waals surface area contributed by atoms with E-state index in [0.29, 0.717) is 0 Å². The Balaban J connectivity index is 3.40. The molecule has 70 valence electrons. The molecule has 0 saturated carbocycles. The van der Waals surface area contributed by atoms with Crippen molar-refractivity contribution in [2.24, 2.45) is 0 Å². The number of nitro groups is 1. The molecule has 0 aliphatic heterocycles. The van der Waals surface area contributed by atoms with Crippen molar-refractivity contribution >= 4 is 0 Å². The summed E-state index contributed by atoms with van der Waals surface area (Å²) < 4.78 is 0. The molecule has 0 rings (SSSR count). The zero-order chi connectivity index (χ0) is 9.40. The van der Waals surface area contributed by atoms with Crippen molar-refractivity contribution in [3.8, 4) is 0 Å². The SMILES string of the molecule is CCCCCC/C=C(/C)[N+](=O)[O-]. The average molecular weight is 171 g/mol. The minimum atomic E-state index is -0.334. The molecule has 0 fully saturated rings. The highest BCUT2D eigenvalue weighted by Gasteiger charge is 1.98. The third-order valence-electron chi connectivity index (χ3n) is 1.79. The molecule has 3 heteroatoms. The summed E-state index contributed by atoms with van der Waals surface area (Å²) in [6.07, 6.45) is 7.22. The maximum atomic E-state index is 10.2. The van der Waals surface area contributed by atoms with Crippen molar-refractivity contribution in [3.63, 3.8) is 0 Å². The Kier molecular flexibility index (Phi) is 6.34. The number of rotatable bonds is 6. The van der Waals surface area contributed by atoms with Crippen LogP contribution >= 0.6 is 0 Å². The molecule has 0 aromatic rings. The van der Waals surface area contributed by atoms with Crippen LogP contribution in [0.4, 0.5) is 0 Å². The lowest BCUT2D eigenvalue weighted by atomic mass is 10.1. The summed E-state index contributed by atoms with van der Waals surface area (Å²) in [5, 5.41) is 10.2. The third-order valence-corrected chi connectivity index (χ3v) is 1.79. The maximum absolute atomic E-state index is 10.2. The first-order chi connectivity index (χ1) is 5.68. The number of nitrogens with zero attached hydrogens (tertiary/aromatic N) is 1. The van der Waals surface area contributed by atoms with Gasteiger partial charge in [0.1, 0.15) is 0 Å². The first-order valence-electron chi connectivity index (χ1n) is 4.49. The van der Waals surface area contributed by atoms with Gasteiger partial charge in [0.15, 0.2) is 0 Å². The fraction of sp³-hybridized carbons (Fsp3) is 0.778. The van der Waals surface area contributed by atoms with Crippen LogP contribution in [-0.4, -0.2) is 4.92 Å². The zero-order valence-electron chi connectivity index (χ0n) is 7.88. The molecule has 0 heterocycles. The fourth-order valence-corrected chi connectivity index (χ4v) is 0.957. The van der Waals surface area contributed by atoms with Crippen LogP contribution in [0.15, 0.2) is 11.8 Å². The van der Waals surface area contributed by atoms with Gasteiger partial charge in [0, 0.05) is 6.92 Å². The van der Waals surface area contributed by atoms with Crippen molar-refractivity contribution in [2.75, 3.05) is 0 Å². The van der Waals surface area contributed by atoms with Crippen LogP contribution < -0.4 is 0 Å². The standard InChI is InChI=1S/C9H17NO2/c1-3-4-5-6-7-8-9(2)10(11)12/h8H,3-7H2,1-2H3/b9-8-. The molecule has 0 aliphatic carbocycles. The van der Waals surface area contributed by atoms with Crippen molar-refractivity contribution in [2.45, 2.75) is 46.0 Å². The predicted molar refractivity (Wildman–Crippen MR) is 49.5 cm³/mol. The van der Waals surface area contributed by atoms with Gasteiger partial charge in [-0.15, -0.1) is 0 Å². The van der Waals surface area contributed by atoms with Gasteiger partial charge in [-0.05, 0) is 18.9 Å². The van der Waals surface area contributed by atoms with Crippen molar-refractivity contribution in [1.82, 2.24) is 0 Å². The number of hydrogen-bond acceptors (Lipinski definition) is 2. The Labute approximate surface area is 73.6 Å². The minimum Gasteiger partial charge on any atom is -0.259 e. The molecule has 12 heavy (non-hydrogen) atoms. The van der Waals surface area contributed by atoms with Crippen molar-refractivity contribution in [3.05, 3.63) is 21.9 Å². The summed E-state index contributed by atoms with van der Waals surface area (Å²) in [6, 6.07) is 0. The van der Waals surface area contributed by atoms with E-state index in [1.807, 2.05) is 0 Å². The highest BCUT2D eigenvalue weighted by molar-refractivity contribution is 4.86.